The molecule has 0 aromatic rings. The van der Waals surface area contributed by atoms with Crippen molar-refractivity contribution in [2.24, 2.45) is 0 Å². The molecule has 0 saturated carbocycles. The van der Waals surface area contributed by atoms with Crippen LogP contribution < -0.4 is 5.32 Å². The van der Waals surface area contributed by atoms with Crippen LogP contribution in [-0.4, -0.2) is 28.5 Å². The summed E-state index contributed by atoms with van der Waals surface area (Å²) in [6.45, 7) is 3.12. The van der Waals surface area contributed by atoms with Gasteiger partial charge in [0.05, 0.1) is 0 Å². The van der Waals surface area contributed by atoms with E-state index in [4.69, 9.17) is 0 Å². The van der Waals surface area contributed by atoms with Gasteiger partial charge in [-0.3, -0.25) is 0 Å². The number of unbranched alkanes of at least 4 members (excludes halogenated alkanes) is 9. The van der Waals surface area contributed by atoms with Crippen LogP contribution in [-0.2, 0) is 4.79 Å². The first-order valence-electron chi connectivity index (χ1n) is 7.66. The van der Waals surface area contributed by atoms with Crippen molar-refractivity contribution < 1.29 is 4.79 Å². The molecule has 0 heterocycles. The van der Waals surface area contributed by atoms with Crippen molar-refractivity contribution in [2.45, 2.75) is 82.9 Å². The number of carbonyl (C=O) groups is 1. The van der Waals surface area contributed by atoms with E-state index in [2.05, 4.69) is 28.3 Å². The predicted molar refractivity (Wildman–Crippen MR) is 80.0 cm³/mol. The number of hydrogen-bond acceptors (Lipinski definition) is 1. The molecule has 0 atom stereocenters. The van der Waals surface area contributed by atoms with Crippen LogP contribution in [0.25, 0.3) is 0 Å². The number of rotatable bonds is 13. The number of nitrogens with one attached hydrogen (secondary N) is 1. The van der Waals surface area contributed by atoms with Gasteiger partial charge < -0.3 is 0 Å². The van der Waals surface area contributed by atoms with Crippen LogP contribution in [0.2, 0.25) is 5.32 Å². The van der Waals surface area contributed by atoms with Crippen molar-refractivity contribution in [2.75, 3.05) is 6.54 Å². The Morgan fingerprint density at radius 1 is 0.889 bits per heavy atom. The van der Waals surface area contributed by atoms with Gasteiger partial charge in [0.1, 0.15) is 0 Å². The van der Waals surface area contributed by atoms with Crippen LogP contribution in [0.3, 0.4) is 0 Å². The molecule has 0 aliphatic rings. The second kappa shape index (κ2) is 15.0. The Morgan fingerprint density at radius 3 is 1.89 bits per heavy atom. The topological polar surface area (TPSA) is 29.1 Å². The summed E-state index contributed by atoms with van der Waals surface area (Å²) in [6.07, 6.45) is 14.1. The van der Waals surface area contributed by atoms with Crippen molar-refractivity contribution >= 4 is 21.9 Å². The SMILES string of the molecule is CCCCCCCCCCCCNC(=O)CC[Se]. The summed E-state index contributed by atoms with van der Waals surface area (Å²) in [5.41, 5.74) is 0. The van der Waals surface area contributed by atoms with Gasteiger partial charge in [0, 0.05) is 0 Å². The molecule has 0 bridgehead atoms. The molecular formula is C15H30NOSe. The van der Waals surface area contributed by atoms with Crippen molar-refractivity contribution in [3.05, 3.63) is 0 Å². The molecule has 0 aliphatic heterocycles. The van der Waals surface area contributed by atoms with E-state index in [0.717, 1.165) is 18.3 Å². The third kappa shape index (κ3) is 14.1. The predicted octanol–water partition coefficient (Wildman–Crippen LogP) is 4.00. The van der Waals surface area contributed by atoms with Gasteiger partial charge in [0.15, 0.2) is 0 Å². The van der Waals surface area contributed by atoms with E-state index < -0.39 is 0 Å². The molecule has 0 aromatic carbocycles. The van der Waals surface area contributed by atoms with Gasteiger partial charge in [-0.05, 0) is 0 Å². The van der Waals surface area contributed by atoms with E-state index in [0.29, 0.717) is 6.42 Å². The van der Waals surface area contributed by atoms with Crippen molar-refractivity contribution in [1.29, 1.82) is 0 Å². The zero-order valence-electron chi connectivity index (χ0n) is 12.0. The van der Waals surface area contributed by atoms with E-state index >= 15 is 0 Å². The fourth-order valence-electron chi connectivity index (χ4n) is 2.02. The summed E-state index contributed by atoms with van der Waals surface area (Å²) in [5, 5.41) is 3.77. The quantitative estimate of drug-likeness (QED) is 0.403. The van der Waals surface area contributed by atoms with E-state index in [-0.39, 0.29) is 5.91 Å². The van der Waals surface area contributed by atoms with Crippen molar-refractivity contribution in [3.8, 4) is 0 Å². The summed E-state index contributed by atoms with van der Waals surface area (Å²) in [5.74, 6) is 0.185. The molecule has 0 spiro atoms. The van der Waals surface area contributed by atoms with Crippen LogP contribution in [0.5, 0.6) is 0 Å². The van der Waals surface area contributed by atoms with Gasteiger partial charge >= 0.3 is 95.3 Å². The van der Waals surface area contributed by atoms with Gasteiger partial charge in [-0.25, -0.2) is 0 Å². The minimum absolute atomic E-state index is 0.185. The molecule has 0 rings (SSSR count). The molecule has 0 fully saturated rings. The van der Waals surface area contributed by atoms with Gasteiger partial charge in [-0.2, -0.15) is 0 Å². The molecule has 1 radical (unpaired) electrons. The van der Waals surface area contributed by atoms with Crippen LogP contribution >= 0.6 is 0 Å². The molecule has 0 aliphatic carbocycles. The Labute approximate surface area is 121 Å². The zero-order chi connectivity index (χ0) is 13.5. The molecule has 107 valence electrons. The van der Waals surface area contributed by atoms with Gasteiger partial charge in [-0.15, -0.1) is 0 Å². The fourth-order valence-corrected chi connectivity index (χ4v) is 2.41. The molecule has 0 aromatic heterocycles. The van der Waals surface area contributed by atoms with Gasteiger partial charge in [0.2, 0.25) is 0 Å². The summed E-state index contributed by atoms with van der Waals surface area (Å²) >= 11 is 2.86. The number of hydrogen-bond donors (Lipinski definition) is 1. The average molecular weight is 319 g/mol. The molecular weight excluding hydrogens is 289 g/mol. The fraction of sp³-hybridized carbons (Fsp3) is 0.933. The Morgan fingerprint density at radius 2 is 1.39 bits per heavy atom. The second-order valence-electron chi connectivity index (χ2n) is 4.99. The van der Waals surface area contributed by atoms with Gasteiger partial charge in [-0.1, -0.05) is 26.2 Å². The molecule has 3 heteroatoms. The summed E-state index contributed by atoms with van der Waals surface area (Å²) in [6, 6.07) is 0. The standard InChI is InChI=1S/C15H30NOSe/c1-2-3-4-5-6-7-8-9-10-11-13-16-15(17)12-14-18/h2-14H2,1H3,(H,16,17). The van der Waals surface area contributed by atoms with Crippen molar-refractivity contribution in [3.63, 3.8) is 0 Å². The van der Waals surface area contributed by atoms with Crippen LogP contribution in [0, 0.1) is 0 Å². The number of carbonyl (C=O) groups excluding carboxylic acids is 1. The van der Waals surface area contributed by atoms with E-state index in [1.807, 2.05) is 0 Å². The van der Waals surface area contributed by atoms with E-state index in [1.54, 1.807) is 0 Å². The second-order valence-corrected chi connectivity index (χ2v) is 5.84. The molecule has 0 unspecified atom stereocenters. The Hall–Kier alpha value is -0.0105. The van der Waals surface area contributed by atoms with Crippen LogP contribution in [0.15, 0.2) is 0 Å². The van der Waals surface area contributed by atoms with Crippen molar-refractivity contribution in [1.82, 2.24) is 5.32 Å². The van der Waals surface area contributed by atoms with Crippen LogP contribution in [0.1, 0.15) is 77.6 Å². The summed E-state index contributed by atoms with van der Waals surface area (Å²) < 4.78 is 0. The minimum atomic E-state index is 0.185. The number of amides is 1. The molecule has 1 amide bonds. The first kappa shape index (κ1) is 18.0. The summed E-state index contributed by atoms with van der Waals surface area (Å²) in [7, 11) is 0. The molecule has 18 heavy (non-hydrogen) atoms. The molecule has 2 nitrogen and oxygen atoms in total. The first-order valence-corrected chi connectivity index (χ1v) is 8.87. The maximum atomic E-state index is 11.2. The third-order valence-corrected chi connectivity index (χ3v) is 3.61. The molecule has 1 N–H and O–H groups in total. The van der Waals surface area contributed by atoms with E-state index in [9.17, 15) is 4.79 Å². The Kier molecular flexibility index (Phi) is 15.0. The third-order valence-electron chi connectivity index (χ3n) is 3.18. The van der Waals surface area contributed by atoms with Gasteiger partial charge in [0.25, 0.3) is 0 Å². The normalized spacial score (nSPS) is 10.6. The van der Waals surface area contributed by atoms with Crippen LogP contribution in [0.4, 0.5) is 0 Å². The Bertz CT molecular complexity index is 185. The zero-order valence-corrected chi connectivity index (χ0v) is 13.7. The monoisotopic (exact) mass is 320 g/mol. The molecule has 0 saturated heterocycles. The van der Waals surface area contributed by atoms with E-state index in [1.165, 1.54) is 57.8 Å². The first-order chi connectivity index (χ1) is 8.81. The Balaban J connectivity index is 3.01. The summed E-state index contributed by atoms with van der Waals surface area (Å²) in [4.78, 5) is 11.2. The maximum absolute atomic E-state index is 11.2. The average Bonchev–Trinajstić information content (AvgIpc) is 2.36.